The molecule has 2 saturated heterocycles. The molecule has 1 aromatic carbocycles. The van der Waals surface area contributed by atoms with Gasteiger partial charge < -0.3 is 9.64 Å². The fraction of sp³-hybridized carbons (Fsp3) is 0.579. The van der Waals surface area contributed by atoms with Crippen molar-refractivity contribution in [3.63, 3.8) is 0 Å². The Kier molecular flexibility index (Phi) is 5.31. The molecule has 0 radical (unpaired) electrons. The van der Waals surface area contributed by atoms with Crippen molar-refractivity contribution in [2.24, 2.45) is 0 Å². The predicted molar refractivity (Wildman–Crippen MR) is 92.2 cm³/mol. The van der Waals surface area contributed by atoms with E-state index in [9.17, 15) is 9.59 Å². The quantitative estimate of drug-likeness (QED) is 0.790. The van der Waals surface area contributed by atoms with E-state index in [1.54, 1.807) is 0 Å². The second-order valence-corrected chi connectivity index (χ2v) is 6.83. The molecule has 2 fully saturated rings. The Balaban J connectivity index is 1.50. The first-order chi connectivity index (χ1) is 11.5. The van der Waals surface area contributed by atoms with Crippen LogP contribution in [-0.4, -0.2) is 66.9 Å². The molecule has 2 aliphatic heterocycles. The molecule has 5 heteroatoms. The largest absolute Gasteiger partial charge is 0.368 e. The van der Waals surface area contributed by atoms with Crippen molar-refractivity contribution in [3.05, 3.63) is 34.9 Å². The van der Waals surface area contributed by atoms with Gasteiger partial charge in [-0.15, -0.1) is 0 Å². The van der Waals surface area contributed by atoms with E-state index in [0.29, 0.717) is 26.2 Å². The molecule has 1 unspecified atom stereocenters. The summed E-state index contributed by atoms with van der Waals surface area (Å²) in [6, 6.07) is 5.87. The van der Waals surface area contributed by atoms with Gasteiger partial charge in [0.1, 0.15) is 6.10 Å². The molecular weight excluding hydrogens is 304 g/mol. The lowest BCUT2D eigenvalue weighted by Gasteiger charge is -2.35. The van der Waals surface area contributed by atoms with Crippen LogP contribution in [0, 0.1) is 13.8 Å². The number of nitrogens with zero attached hydrogens (tertiary/aromatic N) is 2. The van der Waals surface area contributed by atoms with Crippen LogP contribution in [0.2, 0.25) is 0 Å². The molecule has 0 bridgehead atoms. The maximum atomic E-state index is 12.5. The Morgan fingerprint density at radius 3 is 2.50 bits per heavy atom. The van der Waals surface area contributed by atoms with Gasteiger partial charge in [0.25, 0.3) is 5.91 Å². The van der Waals surface area contributed by atoms with E-state index in [1.807, 2.05) is 36.9 Å². The second kappa shape index (κ2) is 7.45. The van der Waals surface area contributed by atoms with Crippen LogP contribution in [0.3, 0.4) is 0 Å². The van der Waals surface area contributed by atoms with Gasteiger partial charge in [-0.25, -0.2) is 0 Å². The number of carbonyl (C=O) groups excluding carboxylic acids is 2. The summed E-state index contributed by atoms with van der Waals surface area (Å²) in [6.45, 7) is 8.04. The molecule has 1 atom stereocenters. The molecular formula is C19H26N2O3. The molecule has 130 valence electrons. The summed E-state index contributed by atoms with van der Waals surface area (Å²) in [7, 11) is 0. The van der Waals surface area contributed by atoms with E-state index in [-0.39, 0.29) is 17.8 Å². The second-order valence-electron chi connectivity index (χ2n) is 6.83. The minimum absolute atomic E-state index is 0.118. The zero-order valence-corrected chi connectivity index (χ0v) is 14.6. The first kappa shape index (κ1) is 17.1. The number of Topliss-reactive ketones (excluding diaryl/α,β-unsaturated/α-hetero) is 1. The zero-order valence-electron chi connectivity index (χ0n) is 14.6. The van der Waals surface area contributed by atoms with Crippen LogP contribution in [0.25, 0.3) is 0 Å². The molecule has 2 aliphatic rings. The first-order valence-corrected chi connectivity index (χ1v) is 8.78. The third-order valence-corrected chi connectivity index (χ3v) is 5.09. The van der Waals surface area contributed by atoms with E-state index in [4.69, 9.17) is 4.74 Å². The molecule has 0 spiro atoms. The van der Waals surface area contributed by atoms with Gasteiger partial charge in [-0.05, 0) is 43.9 Å². The van der Waals surface area contributed by atoms with Gasteiger partial charge in [-0.1, -0.05) is 12.1 Å². The van der Waals surface area contributed by atoms with Crippen molar-refractivity contribution in [1.29, 1.82) is 0 Å². The lowest BCUT2D eigenvalue weighted by atomic mass is 10.0. The molecule has 2 heterocycles. The van der Waals surface area contributed by atoms with Gasteiger partial charge in [-0.2, -0.15) is 0 Å². The van der Waals surface area contributed by atoms with E-state index in [1.165, 1.54) is 5.56 Å². The summed E-state index contributed by atoms with van der Waals surface area (Å²) >= 11 is 0. The zero-order chi connectivity index (χ0) is 17.1. The molecule has 0 N–H and O–H groups in total. The van der Waals surface area contributed by atoms with Gasteiger partial charge in [-0.3, -0.25) is 14.5 Å². The van der Waals surface area contributed by atoms with Gasteiger partial charge in [0, 0.05) is 38.3 Å². The van der Waals surface area contributed by atoms with Crippen LogP contribution in [0.15, 0.2) is 18.2 Å². The number of piperazine rings is 1. The number of ether oxygens (including phenoxy) is 1. The third kappa shape index (κ3) is 3.84. The average Bonchev–Trinajstić information content (AvgIpc) is 3.12. The summed E-state index contributed by atoms with van der Waals surface area (Å²) < 4.78 is 5.48. The maximum absolute atomic E-state index is 12.5. The monoisotopic (exact) mass is 330 g/mol. The standard InChI is InChI=1S/C19H26N2O3/c1-14-5-6-16(12-15(14)2)17(22)13-20-7-9-21(10-8-20)19(23)18-4-3-11-24-18/h5-6,12,18H,3-4,7-11,13H2,1-2H3. The highest BCUT2D eigenvalue weighted by atomic mass is 16.5. The smallest absolute Gasteiger partial charge is 0.251 e. The van der Waals surface area contributed by atoms with Crippen LogP contribution in [0.5, 0.6) is 0 Å². The predicted octanol–water partition coefficient (Wildman–Crippen LogP) is 1.81. The molecule has 5 nitrogen and oxygen atoms in total. The first-order valence-electron chi connectivity index (χ1n) is 8.78. The van der Waals surface area contributed by atoms with Gasteiger partial charge >= 0.3 is 0 Å². The number of hydrogen-bond acceptors (Lipinski definition) is 4. The Morgan fingerprint density at radius 2 is 1.88 bits per heavy atom. The SMILES string of the molecule is Cc1ccc(C(=O)CN2CCN(C(=O)C3CCCO3)CC2)cc1C. The van der Waals surface area contributed by atoms with Gasteiger partial charge in [0.05, 0.1) is 6.54 Å². The van der Waals surface area contributed by atoms with E-state index >= 15 is 0 Å². The van der Waals surface area contributed by atoms with Crippen molar-refractivity contribution >= 4 is 11.7 Å². The Bertz CT molecular complexity index is 615. The molecule has 0 saturated carbocycles. The fourth-order valence-electron chi connectivity index (χ4n) is 3.31. The molecule has 0 aliphatic carbocycles. The minimum atomic E-state index is -0.242. The van der Waals surface area contributed by atoms with Crippen molar-refractivity contribution < 1.29 is 14.3 Å². The van der Waals surface area contributed by atoms with Crippen LogP contribution < -0.4 is 0 Å². The number of ketones is 1. The van der Waals surface area contributed by atoms with Gasteiger partial charge in [0.15, 0.2) is 5.78 Å². The molecule has 24 heavy (non-hydrogen) atoms. The summed E-state index contributed by atoms with van der Waals surface area (Å²) in [6.07, 6.45) is 1.57. The molecule has 0 aromatic heterocycles. The average molecular weight is 330 g/mol. The highest BCUT2D eigenvalue weighted by molar-refractivity contribution is 5.97. The van der Waals surface area contributed by atoms with Crippen LogP contribution >= 0.6 is 0 Å². The van der Waals surface area contributed by atoms with E-state index < -0.39 is 0 Å². The molecule has 3 rings (SSSR count). The number of rotatable bonds is 4. The van der Waals surface area contributed by atoms with Crippen LogP contribution in [-0.2, 0) is 9.53 Å². The normalized spacial score (nSPS) is 21.9. The van der Waals surface area contributed by atoms with E-state index in [0.717, 1.165) is 37.1 Å². The van der Waals surface area contributed by atoms with Crippen molar-refractivity contribution in [2.75, 3.05) is 39.3 Å². The summed E-state index contributed by atoms with van der Waals surface area (Å²) in [4.78, 5) is 28.8. The van der Waals surface area contributed by atoms with Crippen LogP contribution in [0.1, 0.15) is 34.3 Å². The number of carbonyl (C=O) groups is 2. The Morgan fingerprint density at radius 1 is 1.12 bits per heavy atom. The van der Waals surface area contributed by atoms with E-state index in [2.05, 4.69) is 4.90 Å². The number of amides is 1. The highest BCUT2D eigenvalue weighted by Gasteiger charge is 2.30. The van der Waals surface area contributed by atoms with Gasteiger partial charge in [0.2, 0.25) is 0 Å². The number of aryl methyl sites for hydroxylation is 2. The minimum Gasteiger partial charge on any atom is -0.368 e. The number of hydrogen-bond donors (Lipinski definition) is 0. The lowest BCUT2D eigenvalue weighted by molar-refractivity contribution is -0.142. The Hall–Kier alpha value is -1.72. The Labute approximate surface area is 143 Å². The van der Waals surface area contributed by atoms with Crippen molar-refractivity contribution in [3.8, 4) is 0 Å². The molecule has 1 aromatic rings. The summed E-state index contributed by atoms with van der Waals surface area (Å²) in [5.41, 5.74) is 3.12. The number of benzene rings is 1. The topological polar surface area (TPSA) is 49.9 Å². The summed E-state index contributed by atoms with van der Waals surface area (Å²) in [5, 5.41) is 0. The summed E-state index contributed by atoms with van der Waals surface area (Å²) in [5.74, 6) is 0.268. The van der Waals surface area contributed by atoms with Crippen molar-refractivity contribution in [2.45, 2.75) is 32.8 Å². The third-order valence-electron chi connectivity index (χ3n) is 5.09. The molecule has 1 amide bonds. The fourth-order valence-corrected chi connectivity index (χ4v) is 3.31. The van der Waals surface area contributed by atoms with Crippen LogP contribution in [0.4, 0.5) is 0 Å². The lowest BCUT2D eigenvalue weighted by Crippen LogP contribution is -2.52. The highest BCUT2D eigenvalue weighted by Crippen LogP contribution is 2.16. The maximum Gasteiger partial charge on any atom is 0.251 e. The van der Waals surface area contributed by atoms with Crippen molar-refractivity contribution in [1.82, 2.24) is 9.80 Å².